The minimum atomic E-state index is 0.375. The Morgan fingerprint density at radius 2 is 2.14 bits per heavy atom. The van der Waals surface area contributed by atoms with E-state index in [0.717, 1.165) is 22.9 Å². The van der Waals surface area contributed by atoms with E-state index >= 15 is 0 Å². The number of benzene rings is 1. The van der Waals surface area contributed by atoms with Gasteiger partial charge in [0.15, 0.2) is 0 Å². The molecule has 0 amide bonds. The molecule has 0 spiro atoms. The lowest BCUT2D eigenvalue weighted by Gasteiger charge is -2.03. The van der Waals surface area contributed by atoms with Crippen LogP contribution in [0.5, 0.6) is 0 Å². The predicted octanol–water partition coefficient (Wildman–Crippen LogP) is 2.85. The molecular formula is C11H10ClN2. The molecule has 0 fully saturated rings. The quantitative estimate of drug-likeness (QED) is 0.778. The van der Waals surface area contributed by atoms with E-state index in [2.05, 4.69) is 11.9 Å². The number of anilines is 1. The summed E-state index contributed by atoms with van der Waals surface area (Å²) in [5, 5.41) is 1.50. The van der Waals surface area contributed by atoms with Crippen LogP contribution in [-0.4, -0.2) is 4.98 Å². The molecule has 1 radical (unpaired) electrons. The Morgan fingerprint density at radius 3 is 2.86 bits per heavy atom. The van der Waals surface area contributed by atoms with Crippen LogP contribution in [0.4, 0.5) is 5.82 Å². The summed E-state index contributed by atoms with van der Waals surface area (Å²) in [5.41, 5.74) is 7.63. The molecule has 0 unspecified atom stereocenters. The van der Waals surface area contributed by atoms with Crippen LogP contribution in [0.1, 0.15) is 5.56 Å². The molecule has 1 aromatic heterocycles. The van der Waals surface area contributed by atoms with E-state index in [0.29, 0.717) is 10.8 Å². The van der Waals surface area contributed by atoms with Crippen LogP contribution in [0.15, 0.2) is 24.3 Å². The maximum absolute atomic E-state index is 5.86. The zero-order chi connectivity index (χ0) is 10.1. The van der Waals surface area contributed by atoms with Gasteiger partial charge < -0.3 is 5.73 Å². The van der Waals surface area contributed by atoms with Crippen LogP contribution in [-0.2, 0) is 6.42 Å². The number of pyridine rings is 1. The molecule has 2 N–H and O–H groups in total. The van der Waals surface area contributed by atoms with Gasteiger partial charge in [0.2, 0.25) is 0 Å². The number of nitrogens with two attached hydrogens (primary N) is 1. The standard InChI is InChI=1S/C11H10ClN2/c1-2-7-3-4-8-6-9(12)11(13)14-10(8)5-7/h3-6H,1-2H2,(H2,13,14). The molecule has 1 heterocycles. The molecule has 2 aromatic rings. The first-order chi connectivity index (χ1) is 6.70. The zero-order valence-electron chi connectivity index (χ0n) is 7.63. The van der Waals surface area contributed by atoms with Gasteiger partial charge in [0, 0.05) is 5.39 Å². The first-order valence-corrected chi connectivity index (χ1v) is 4.72. The number of hydrogen-bond donors (Lipinski definition) is 1. The summed E-state index contributed by atoms with van der Waals surface area (Å²) in [4.78, 5) is 4.20. The van der Waals surface area contributed by atoms with Crippen LogP contribution >= 0.6 is 11.6 Å². The van der Waals surface area contributed by atoms with Crippen LogP contribution in [0.3, 0.4) is 0 Å². The molecule has 14 heavy (non-hydrogen) atoms. The average molecular weight is 206 g/mol. The molecular weight excluding hydrogens is 196 g/mol. The lowest BCUT2D eigenvalue weighted by atomic mass is 10.1. The molecule has 0 aliphatic rings. The summed E-state index contributed by atoms with van der Waals surface area (Å²) in [5.74, 6) is 0.375. The fraction of sp³-hybridized carbons (Fsp3) is 0.0909. The SMILES string of the molecule is [CH2]Cc1ccc2cc(Cl)c(N)nc2c1. The van der Waals surface area contributed by atoms with E-state index < -0.39 is 0 Å². The number of nitrogens with zero attached hydrogens (tertiary/aromatic N) is 1. The normalized spacial score (nSPS) is 10.7. The van der Waals surface area contributed by atoms with Crippen molar-refractivity contribution in [1.29, 1.82) is 0 Å². The predicted molar refractivity (Wildman–Crippen MR) is 60.2 cm³/mol. The van der Waals surface area contributed by atoms with Gasteiger partial charge in [-0.1, -0.05) is 23.7 Å². The fourth-order valence-corrected chi connectivity index (χ4v) is 1.52. The van der Waals surface area contributed by atoms with Gasteiger partial charge in [0.25, 0.3) is 0 Å². The molecule has 0 saturated heterocycles. The van der Waals surface area contributed by atoms with Crippen LogP contribution < -0.4 is 5.73 Å². The van der Waals surface area contributed by atoms with Crippen molar-refractivity contribution in [2.75, 3.05) is 5.73 Å². The van der Waals surface area contributed by atoms with Crippen molar-refractivity contribution < 1.29 is 0 Å². The van der Waals surface area contributed by atoms with Crippen molar-refractivity contribution in [3.8, 4) is 0 Å². The van der Waals surface area contributed by atoms with E-state index in [-0.39, 0.29) is 0 Å². The Balaban J connectivity index is 2.70. The summed E-state index contributed by atoms with van der Waals surface area (Å²) in [6, 6.07) is 7.80. The van der Waals surface area contributed by atoms with Gasteiger partial charge in [-0.15, -0.1) is 0 Å². The first kappa shape index (κ1) is 9.28. The summed E-state index contributed by atoms with van der Waals surface area (Å²) < 4.78 is 0. The van der Waals surface area contributed by atoms with Crippen LogP contribution in [0.25, 0.3) is 10.9 Å². The zero-order valence-corrected chi connectivity index (χ0v) is 8.38. The monoisotopic (exact) mass is 205 g/mol. The van der Waals surface area contributed by atoms with Crippen LogP contribution in [0, 0.1) is 6.92 Å². The van der Waals surface area contributed by atoms with Gasteiger partial charge in [-0.05, 0) is 31.0 Å². The Bertz CT molecular complexity index is 480. The third-order valence-corrected chi connectivity index (χ3v) is 2.45. The first-order valence-electron chi connectivity index (χ1n) is 4.34. The lowest BCUT2D eigenvalue weighted by molar-refractivity contribution is 1.27. The highest BCUT2D eigenvalue weighted by molar-refractivity contribution is 6.33. The molecule has 2 nitrogen and oxygen atoms in total. The van der Waals surface area contributed by atoms with Crippen molar-refractivity contribution in [1.82, 2.24) is 4.98 Å². The van der Waals surface area contributed by atoms with Crippen molar-refractivity contribution in [3.63, 3.8) is 0 Å². The molecule has 0 atom stereocenters. The summed E-state index contributed by atoms with van der Waals surface area (Å²) in [6.45, 7) is 3.82. The van der Waals surface area contributed by atoms with E-state index in [9.17, 15) is 0 Å². The molecule has 0 saturated carbocycles. The van der Waals surface area contributed by atoms with Crippen molar-refractivity contribution in [2.45, 2.75) is 6.42 Å². The molecule has 1 aromatic carbocycles. The Labute approximate surface area is 87.7 Å². The molecule has 0 aliphatic heterocycles. The summed E-state index contributed by atoms with van der Waals surface area (Å²) in [7, 11) is 0. The van der Waals surface area contributed by atoms with E-state index in [1.165, 1.54) is 0 Å². The lowest BCUT2D eigenvalue weighted by Crippen LogP contribution is -1.92. The molecule has 2 rings (SSSR count). The molecule has 0 bridgehead atoms. The van der Waals surface area contributed by atoms with E-state index in [1.54, 1.807) is 0 Å². The highest BCUT2D eigenvalue weighted by atomic mass is 35.5. The highest BCUT2D eigenvalue weighted by Gasteiger charge is 2.01. The highest BCUT2D eigenvalue weighted by Crippen LogP contribution is 2.23. The van der Waals surface area contributed by atoms with Gasteiger partial charge >= 0.3 is 0 Å². The average Bonchev–Trinajstić information content (AvgIpc) is 2.19. The molecule has 3 heteroatoms. The topological polar surface area (TPSA) is 38.9 Å². The second-order valence-electron chi connectivity index (χ2n) is 3.13. The third kappa shape index (κ3) is 1.53. The number of aromatic nitrogens is 1. The van der Waals surface area contributed by atoms with Gasteiger partial charge in [-0.25, -0.2) is 4.98 Å². The number of fused-ring (bicyclic) bond motifs is 1. The molecule has 71 valence electrons. The summed E-state index contributed by atoms with van der Waals surface area (Å²) >= 11 is 5.86. The number of halogens is 1. The second-order valence-corrected chi connectivity index (χ2v) is 3.54. The number of hydrogen-bond acceptors (Lipinski definition) is 2. The van der Waals surface area contributed by atoms with E-state index in [4.69, 9.17) is 17.3 Å². The van der Waals surface area contributed by atoms with Crippen molar-refractivity contribution in [3.05, 3.63) is 41.8 Å². The third-order valence-electron chi connectivity index (χ3n) is 2.15. The Morgan fingerprint density at radius 1 is 1.36 bits per heavy atom. The number of rotatable bonds is 1. The minimum Gasteiger partial charge on any atom is -0.382 e. The van der Waals surface area contributed by atoms with Crippen LogP contribution in [0.2, 0.25) is 5.02 Å². The van der Waals surface area contributed by atoms with Gasteiger partial charge in [-0.3, -0.25) is 0 Å². The van der Waals surface area contributed by atoms with Gasteiger partial charge in [0.1, 0.15) is 5.82 Å². The summed E-state index contributed by atoms with van der Waals surface area (Å²) in [6.07, 6.45) is 0.750. The van der Waals surface area contributed by atoms with Crippen molar-refractivity contribution in [2.24, 2.45) is 0 Å². The van der Waals surface area contributed by atoms with Gasteiger partial charge in [-0.2, -0.15) is 0 Å². The maximum Gasteiger partial charge on any atom is 0.142 e. The van der Waals surface area contributed by atoms with E-state index in [1.807, 2.05) is 24.3 Å². The maximum atomic E-state index is 5.86. The number of nitrogen functional groups attached to an aromatic ring is 1. The fourth-order valence-electron chi connectivity index (χ4n) is 1.36. The smallest absolute Gasteiger partial charge is 0.142 e. The van der Waals surface area contributed by atoms with Crippen molar-refractivity contribution >= 4 is 28.3 Å². The minimum absolute atomic E-state index is 0.375. The Kier molecular flexibility index (Phi) is 2.30. The molecule has 0 aliphatic carbocycles. The Hall–Kier alpha value is -1.28. The van der Waals surface area contributed by atoms with Gasteiger partial charge in [0.05, 0.1) is 10.5 Å². The second kappa shape index (κ2) is 3.46. The largest absolute Gasteiger partial charge is 0.382 e.